The largest absolute Gasteiger partial charge is 0.490 e. The minimum atomic E-state index is -4.99. The number of alkyl halides is 3. The number of carbonyl (C=O) groups excluding carboxylic acids is 2. The third-order valence-corrected chi connectivity index (χ3v) is 4.49. The number of amides is 2. The van der Waals surface area contributed by atoms with Crippen LogP contribution in [0.15, 0.2) is 18.2 Å². The molecule has 0 aromatic heterocycles. The van der Waals surface area contributed by atoms with Crippen LogP contribution < -0.4 is 14.8 Å². The van der Waals surface area contributed by atoms with Crippen molar-refractivity contribution in [1.82, 2.24) is 10.2 Å². The van der Waals surface area contributed by atoms with Crippen LogP contribution in [0.2, 0.25) is 0 Å². The van der Waals surface area contributed by atoms with Crippen molar-refractivity contribution >= 4 is 11.8 Å². The van der Waals surface area contributed by atoms with Gasteiger partial charge in [0.1, 0.15) is 6.04 Å². The van der Waals surface area contributed by atoms with Gasteiger partial charge < -0.3 is 19.7 Å². The van der Waals surface area contributed by atoms with E-state index in [9.17, 15) is 22.8 Å². The molecule has 28 heavy (non-hydrogen) atoms. The van der Waals surface area contributed by atoms with Gasteiger partial charge in [0.05, 0.1) is 19.3 Å². The van der Waals surface area contributed by atoms with Crippen LogP contribution in [0.25, 0.3) is 0 Å². The number of ether oxygens (including phenoxy) is 2. The van der Waals surface area contributed by atoms with Crippen LogP contribution in [0.4, 0.5) is 13.2 Å². The van der Waals surface area contributed by atoms with Crippen molar-refractivity contribution in [2.75, 3.05) is 19.8 Å². The fourth-order valence-corrected chi connectivity index (χ4v) is 3.18. The molecule has 2 amide bonds. The van der Waals surface area contributed by atoms with Gasteiger partial charge in [0, 0.05) is 6.54 Å². The van der Waals surface area contributed by atoms with Crippen molar-refractivity contribution in [2.24, 2.45) is 0 Å². The third-order valence-electron chi connectivity index (χ3n) is 4.49. The van der Waals surface area contributed by atoms with Crippen LogP contribution in [0.1, 0.15) is 45.2 Å². The highest BCUT2D eigenvalue weighted by atomic mass is 19.4. The number of carbonyl (C=O) groups is 2. The Balaban J connectivity index is 2.11. The molecule has 9 heteroatoms. The molecule has 2 rings (SSSR count). The van der Waals surface area contributed by atoms with E-state index in [2.05, 4.69) is 5.32 Å². The monoisotopic (exact) mass is 402 g/mol. The maximum atomic E-state index is 12.7. The van der Waals surface area contributed by atoms with Gasteiger partial charge in [-0.3, -0.25) is 9.59 Å². The summed E-state index contributed by atoms with van der Waals surface area (Å²) in [6, 6.07) is 3.61. The maximum absolute atomic E-state index is 12.7. The van der Waals surface area contributed by atoms with E-state index in [1.807, 2.05) is 13.8 Å². The highest BCUT2D eigenvalue weighted by molar-refractivity contribution is 5.90. The maximum Gasteiger partial charge on any atom is 0.471 e. The molecule has 0 bridgehead atoms. The summed E-state index contributed by atoms with van der Waals surface area (Å²) in [5, 5.41) is 2.70. The number of nitrogens with zero attached hydrogens (tertiary/aromatic N) is 1. The van der Waals surface area contributed by atoms with Crippen molar-refractivity contribution in [2.45, 2.75) is 51.9 Å². The molecule has 0 spiro atoms. The van der Waals surface area contributed by atoms with E-state index in [1.165, 1.54) is 0 Å². The first-order chi connectivity index (χ1) is 13.2. The number of hydrogen-bond acceptors (Lipinski definition) is 4. The molecule has 1 fully saturated rings. The summed E-state index contributed by atoms with van der Waals surface area (Å²) in [6.07, 6.45) is -4.43. The summed E-state index contributed by atoms with van der Waals surface area (Å²) in [7, 11) is 0. The first kappa shape index (κ1) is 21.8. The van der Waals surface area contributed by atoms with Crippen LogP contribution in [0.5, 0.6) is 11.5 Å². The van der Waals surface area contributed by atoms with Gasteiger partial charge in [0.2, 0.25) is 5.91 Å². The smallest absolute Gasteiger partial charge is 0.471 e. The summed E-state index contributed by atoms with van der Waals surface area (Å²) in [6.45, 7) is 6.22. The Morgan fingerprint density at radius 3 is 2.46 bits per heavy atom. The first-order valence-corrected chi connectivity index (χ1v) is 9.26. The van der Waals surface area contributed by atoms with E-state index in [1.54, 1.807) is 25.1 Å². The quantitative estimate of drug-likeness (QED) is 0.761. The van der Waals surface area contributed by atoms with E-state index in [4.69, 9.17) is 9.47 Å². The Kier molecular flexibility index (Phi) is 7.15. The summed E-state index contributed by atoms with van der Waals surface area (Å²) < 4.78 is 49.3. The molecule has 1 saturated heterocycles. The second-order valence-corrected chi connectivity index (χ2v) is 6.46. The van der Waals surface area contributed by atoms with Crippen LogP contribution in [-0.4, -0.2) is 48.7 Å². The number of nitrogens with one attached hydrogen (secondary N) is 1. The van der Waals surface area contributed by atoms with Gasteiger partial charge in [-0.25, -0.2) is 0 Å². The van der Waals surface area contributed by atoms with Gasteiger partial charge in [-0.05, 0) is 51.3 Å². The summed E-state index contributed by atoms with van der Waals surface area (Å²) in [4.78, 5) is 24.7. The fraction of sp³-hybridized carbons (Fsp3) is 0.579. The molecule has 1 aromatic rings. The van der Waals surface area contributed by atoms with Gasteiger partial charge in [-0.2, -0.15) is 13.2 Å². The van der Waals surface area contributed by atoms with Gasteiger partial charge in [0.25, 0.3) is 0 Å². The molecule has 1 aliphatic rings. The zero-order valence-electron chi connectivity index (χ0n) is 16.1. The van der Waals surface area contributed by atoms with Crippen molar-refractivity contribution in [3.05, 3.63) is 23.8 Å². The van der Waals surface area contributed by atoms with Crippen LogP contribution >= 0.6 is 0 Å². The molecule has 0 unspecified atom stereocenters. The molecule has 156 valence electrons. The Morgan fingerprint density at radius 1 is 1.21 bits per heavy atom. The normalized spacial score (nSPS) is 17.9. The standard InChI is InChI=1S/C19H25F3N2O4/c1-4-27-15-9-8-13(11-16(15)28-5-2)12(3)23-17(25)14-7-6-10-24(14)18(26)19(20,21)22/h8-9,11-12,14H,4-7,10H2,1-3H3,(H,23,25)/t12-,14-/m0/s1. The zero-order valence-corrected chi connectivity index (χ0v) is 16.1. The molecule has 0 aliphatic carbocycles. The van der Waals surface area contributed by atoms with Crippen molar-refractivity contribution in [1.29, 1.82) is 0 Å². The molecule has 1 aliphatic heterocycles. The Bertz CT molecular complexity index is 709. The van der Waals surface area contributed by atoms with Gasteiger partial charge in [0.15, 0.2) is 11.5 Å². The van der Waals surface area contributed by atoms with E-state index in [0.29, 0.717) is 41.6 Å². The van der Waals surface area contributed by atoms with Crippen LogP contribution in [0.3, 0.4) is 0 Å². The predicted molar refractivity (Wildman–Crippen MR) is 96.1 cm³/mol. The molecular formula is C19H25F3N2O4. The van der Waals surface area contributed by atoms with E-state index >= 15 is 0 Å². The Morgan fingerprint density at radius 2 is 1.86 bits per heavy atom. The van der Waals surface area contributed by atoms with Crippen molar-refractivity contribution in [3.63, 3.8) is 0 Å². The Labute approximate surface area is 162 Å². The van der Waals surface area contributed by atoms with Gasteiger partial charge in [-0.15, -0.1) is 0 Å². The number of likely N-dealkylation sites (tertiary alicyclic amines) is 1. The second-order valence-electron chi connectivity index (χ2n) is 6.46. The average molecular weight is 402 g/mol. The summed E-state index contributed by atoms with van der Waals surface area (Å²) in [5.41, 5.74) is 0.715. The minimum absolute atomic E-state index is 0.0810. The van der Waals surface area contributed by atoms with E-state index < -0.39 is 30.1 Å². The molecule has 1 N–H and O–H groups in total. The predicted octanol–water partition coefficient (Wildman–Crippen LogP) is 3.21. The van der Waals surface area contributed by atoms with Gasteiger partial charge in [-0.1, -0.05) is 6.07 Å². The zero-order chi connectivity index (χ0) is 20.9. The third kappa shape index (κ3) is 5.08. The lowest BCUT2D eigenvalue weighted by atomic mass is 10.1. The number of rotatable bonds is 7. The lowest BCUT2D eigenvalue weighted by Crippen LogP contribution is -2.50. The Hall–Kier alpha value is -2.45. The second kappa shape index (κ2) is 9.16. The fourth-order valence-electron chi connectivity index (χ4n) is 3.18. The number of benzene rings is 1. The molecule has 0 radical (unpaired) electrons. The molecule has 0 saturated carbocycles. The van der Waals surface area contributed by atoms with Crippen molar-refractivity contribution in [3.8, 4) is 11.5 Å². The first-order valence-electron chi connectivity index (χ1n) is 9.26. The lowest BCUT2D eigenvalue weighted by molar-refractivity contribution is -0.186. The van der Waals surface area contributed by atoms with Crippen LogP contribution in [0, 0.1) is 0 Å². The molecule has 1 heterocycles. The lowest BCUT2D eigenvalue weighted by Gasteiger charge is -2.26. The highest BCUT2D eigenvalue weighted by Gasteiger charge is 2.47. The summed E-state index contributed by atoms with van der Waals surface area (Å²) >= 11 is 0. The van der Waals surface area contributed by atoms with E-state index in [-0.39, 0.29) is 13.0 Å². The molecular weight excluding hydrogens is 377 g/mol. The highest BCUT2D eigenvalue weighted by Crippen LogP contribution is 2.31. The van der Waals surface area contributed by atoms with Gasteiger partial charge >= 0.3 is 12.1 Å². The minimum Gasteiger partial charge on any atom is -0.490 e. The average Bonchev–Trinajstić information content (AvgIpc) is 3.11. The molecule has 1 aromatic carbocycles. The number of halogens is 3. The summed E-state index contributed by atoms with van der Waals surface area (Å²) in [5.74, 6) is -1.48. The molecule has 6 nitrogen and oxygen atoms in total. The molecule has 2 atom stereocenters. The van der Waals surface area contributed by atoms with Crippen molar-refractivity contribution < 1.29 is 32.2 Å². The topological polar surface area (TPSA) is 67.9 Å². The van der Waals surface area contributed by atoms with E-state index in [0.717, 1.165) is 0 Å². The number of hydrogen-bond donors (Lipinski definition) is 1. The SMILES string of the molecule is CCOc1ccc([C@H](C)NC(=O)[C@@H]2CCCN2C(=O)C(F)(F)F)cc1OCC. The van der Waals surface area contributed by atoms with Crippen LogP contribution in [-0.2, 0) is 9.59 Å².